The van der Waals surface area contributed by atoms with Gasteiger partial charge < -0.3 is 6.15 Å². The monoisotopic (exact) mass is 492 g/mol. The van der Waals surface area contributed by atoms with Crippen molar-refractivity contribution in [1.82, 2.24) is 11.1 Å². The molecule has 1 aromatic rings. The fourth-order valence-electron chi connectivity index (χ4n) is 3.48. The van der Waals surface area contributed by atoms with E-state index < -0.39 is 44.1 Å². The number of ketones is 2. The lowest BCUT2D eigenvalue weighted by molar-refractivity contribution is -0.141. The van der Waals surface area contributed by atoms with Crippen LogP contribution in [0.2, 0.25) is 0 Å². The molecular formula is C21H24ClF3N2O4S. The highest BCUT2D eigenvalue weighted by Gasteiger charge is 2.51. The van der Waals surface area contributed by atoms with Gasteiger partial charge in [0.05, 0.1) is 10.8 Å². The molecular weight excluding hydrogens is 469 g/mol. The van der Waals surface area contributed by atoms with E-state index in [4.69, 9.17) is 11.6 Å². The molecule has 0 aliphatic heterocycles. The summed E-state index contributed by atoms with van der Waals surface area (Å²) in [5, 5.41) is 1.20. The number of nitrogens with zero attached hydrogens (tertiary/aromatic N) is 1. The Morgan fingerprint density at radius 2 is 1.69 bits per heavy atom. The van der Waals surface area contributed by atoms with Crippen molar-refractivity contribution in [3.05, 3.63) is 62.7 Å². The van der Waals surface area contributed by atoms with Crippen LogP contribution in [0.3, 0.4) is 0 Å². The van der Waals surface area contributed by atoms with Gasteiger partial charge >= 0.3 is 6.18 Å². The largest absolute Gasteiger partial charge is 0.433 e. The molecule has 1 aliphatic carbocycles. The van der Waals surface area contributed by atoms with E-state index in [1.165, 1.54) is 34.6 Å². The summed E-state index contributed by atoms with van der Waals surface area (Å²) >= 11 is 6.44. The predicted octanol–water partition coefficient (Wildman–Crippen LogP) is 5.32. The first-order chi connectivity index (χ1) is 13.9. The number of aryl methyl sites for hydroxylation is 1. The van der Waals surface area contributed by atoms with Gasteiger partial charge in [-0.05, 0) is 52.3 Å². The van der Waals surface area contributed by atoms with Crippen molar-refractivity contribution in [1.29, 1.82) is 0 Å². The number of allylic oxidation sites excluding steroid dienone is 3. The molecule has 1 aromatic heterocycles. The molecule has 1 aliphatic rings. The maximum absolute atomic E-state index is 13.4. The van der Waals surface area contributed by atoms with Gasteiger partial charge in [-0.15, -0.1) is 0 Å². The van der Waals surface area contributed by atoms with Crippen LogP contribution in [0, 0.1) is 17.8 Å². The van der Waals surface area contributed by atoms with Gasteiger partial charge in [-0.2, -0.15) is 13.2 Å². The second-order valence-electron chi connectivity index (χ2n) is 8.21. The number of hydrogen-bond donors (Lipinski definition) is 1. The molecule has 0 aromatic carbocycles. The Labute approximate surface area is 189 Å². The summed E-state index contributed by atoms with van der Waals surface area (Å²) < 4.78 is 63.3. The topological polar surface area (TPSA) is 116 Å². The van der Waals surface area contributed by atoms with E-state index >= 15 is 0 Å². The molecule has 11 heteroatoms. The zero-order valence-electron chi connectivity index (χ0n) is 18.2. The van der Waals surface area contributed by atoms with Gasteiger partial charge in [0.15, 0.2) is 21.4 Å². The summed E-state index contributed by atoms with van der Waals surface area (Å²) in [4.78, 5) is 29.9. The van der Waals surface area contributed by atoms with Crippen molar-refractivity contribution in [3.63, 3.8) is 0 Å². The molecule has 0 spiro atoms. The molecule has 3 N–H and O–H groups in total. The van der Waals surface area contributed by atoms with Gasteiger partial charge in [0.25, 0.3) is 0 Å². The minimum Gasteiger partial charge on any atom is -0.344 e. The van der Waals surface area contributed by atoms with Crippen LogP contribution in [-0.4, -0.2) is 25.0 Å². The average Bonchev–Trinajstić information content (AvgIpc) is 2.64. The fourth-order valence-corrected chi connectivity index (χ4v) is 4.59. The Morgan fingerprint density at radius 1 is 1.16 bits per heavy atom. The number of carbonyl (C=O) groups excluding carboxylic acids is 2. The summed E-state index contributed by atoms with van der Waals surface area (Å²) in [7, 11) is -4.02. The number of Topliss-reactive ketones (excluding diaryl/α,β-unsaturated/α-hetero) is 2. The highest BCUT2D eigenvalue weighted by atomic mass is 35.5. The third-order valence-electron chi connectivity index (χ3n) is 5.21. The van der Waals surface area contributed by atoms with Gasteiger partial charge in [-0.25, -0.2) is 13.4 Å². The summed E-state index contributed by atoms with van der Waals surface area (Å²) in [6, 6.07) is 1.61. The first-order valence-electron chi connectivity index (χ1n) is 9.02. The highest BCUT2D eigenvalue weighted by molar-refractivity contribution is 7.97. The van der Waals surface area contributed by atoms with E-state index in [0.29, 0.717) is 11.5 Å². The third kappa shape index (κ3) is 4.72. The number of rotatable bonds is 4. The number of alkyl halides is 3. The average molecular weight is 493 g/mol. The Kier molecular flexibility index (Phi) is 7.42. The second-order valence-corrected chi connectivity index (χ2v) is 10.3. The minimum atomic E-state index is -4.70. The first-order valence-corrected chi connectivity index (χ1v) is 11.0. The van der Waals surface area contributed by atoms with Crippen LogP contribution in [0.15, 0.2) is 45.7 Å². The van der Waals surface area contributed by atoms with Crippen molar-refractivity contribution < 1.29 is 31.2 Å². The number of pyridine rings is 1. The summed E-state index contributed by atoms with van der Waals surface area (Å²) in [6.45, 7) is 10.3. The van der Waals surface area contributed by atoms with Gasteiger partial charge in [0.2, 0.25) is 0 Å². The zero-order chi connectivity index (χ0) is 24.2. The molecule has 0 saturated carbocycles. The number of aromatic nitrogens is 1. The number of carbonyl (C=O) groups is 2. The lowest BCUT2D eigenvalue weighted by Gasteiger charge is -2.41. The van der Waals surface area contributed by atoms with Crippen LogP contribution in [0.5, 0.6) is 0 Å². The molecule has 0 amide bonds. The van der Waals surface area contributed by atoms with Crippen molar-refractivity contribution in [2.45, 2.75) is 40.8 Å². The van der Waals surface area contributed by atoms with Crippen molar-refractivity contribution in [3.8, 4) is 0 Å². The molecule has 176 valence electrons. The van der Waals surface area contributed by atoms with Crippen LogP contribution in [0.4, 0.5) is 13.2 Å². The highest BCUT2D eigenvalue weighted by Crippen LogP contribution is 2.51. The predicted molar refractivity (Wildman–Crippen MR) is 116 cm³/mol. The molecule has 0 radical (unpaired) electrons. The van der Waals surface area contributed by atoms with Crippen LogP contribution in [-0.2, 0) is 20.8 Å². The Bertz CT molecular complexity index is 1160. The van der Waals surface area contributed by atoms with Crippen molar-refractivity contribution in [2.75, 3.05) is 0 Å². The molecule has 0 unspecified atom stereocenters. The SMILES string of the molecule is C=CS(=O)(=O)/C=C1/C(C(=O)c2ccc(C(F)(F)F)nc2C)=C(Cl)C(C)(C)C(=O)C1(C)C.N. The maximum Gasteiger partial charge on any atom is 0.433 e. The number of sulfone groups is 1. The van der Waals surface area contributed by atoms with Crippen molar-refractivity contribution in [2.24, 2.45) is 10.8 Å². The van der Waals surface area contributed by atoms with E-state index in [2.05, 4.69) is 11.6 Å². The molecule has 1 heterocycles. The van der Waals surface area contributed by atoms with E-state index in [1.807, 2.05) is 0 Å². The molecule has 6 nitrogen and oxygen atoms in total. The van der Waals surface area contributed by atoms with Crippen molar-refractivity contribution >= 4 is 33.0 Å². The lowest BCUT2D eigenvalue weighted by Crippen LogP contribution is -2.44. The van der Waals surface area contributed by atoms with Gasteiger partial charge in [0.1, 0.15) is 5.69 Å². The quantitative estimate of drug-likeness (QED) is 0.568. The Hall–Kier alpha value is -2.30. The number of halogens is 4. The molecule has 32 heavy (non-hydrogen) atoms. The number of hydrogen-bond acceptors (Lipinski definition) is 6. The normalized spacial score (nSPS) is 19.5. The standard InChI is InChI=1S/C21H21ClF3NO4S.H3N/c1-7-31(29,30)10-13-15(17(22)20(5,6)18(28)19(13,3)4)16(27)12-8-9-14(21(23,24)25)26-11(12)2;/h7-10H,1H2,2-6H3;1H3/b13-10-;. The molecule has 0 saturated heterocycles. The van der Waals surface area contributed by atoms with E-state index in [9.17, 15) is 31.2 Å². The molecule has 2 rings (SSSR count). The zero-order valence-corrected chi connectivity index (χ0v) is 19.8. The van der Waals surface area contributed by atoms with Crippen LogP contribution in [0.25, 0.3) is 0 Å². The summed E-state index contributed by atoms with van der Waals surface area (Å²) in [5.41, 5.74) is -4.77. The Balaban J connectivity index is 0.00000512. The van der Waals surface area contributed by atoms with Crippen LogP contribution >= 0.6 is 11.6 Å². The smallest absolute Gasteiger partial charge is 0.344 e. The van der Waals surface area contributed by atoms with Gasteiger partial charge in [0, 0.05) is 32.7 Å². The van der Waals surface area contributed by atoms with E-state index in [-0.39, 0.29) is 33.6 Å². The molecule has 0 atom stereocenters. The summed E-state index contributed by atoms with van der Waals surface area (Å²) in [5.74, 6) is -1.25. The Morgan fingerprint density at radius 3 is 2.12 bits per heavy atom. The molecule has 0 bridgehead atoms. The molecule has 0 fully saturated rings. The minimum absolute atomic E-state index is 0. The van der Waals surface area contributed by atoms with Crippen LogP contribution in [0.1, 0.15) is 49.4 Å². The lowest BCUT2D eigenvalue weighted by atomic mass is 9.62. The second kappa shape index (κ2) is 8.57. The summed E-state index contributed by atoms with van der Waals surface area (Å²) in [6.07, 6.45) is -4.70. The third-order valence-corrected chi connectivity index (χ3v) is 6.90. The van der Waals surface area contributed by atoms with Crippen LogP contribution < -0.4 is 6.15 Å². The van der Waals surface area contributed by atoms with Gasteiger partial charge in [-0.1, -0.05) is 18.2 Å². The maximum atomic E-state index is 13.4. The fraction of sp³-hybridized carbons (Fsp3) is 0.381. The van der Waals surface area contributed by atoms with E-state index in [1.54, 1.807) is 0 Å². The van der Waals surface area contributed by atoms with E-state index in [0.717, 1.165) is 11.5 Å². The first kappa shape index (κ1) is 27.7. The van der Waals surface area contributed by atoms with Gasteiger partial charge in [-0.3, -0.25) is 9.59 Å².